The second-order valence-electron chi connectivity index (χ2n) is 4.95. The maximum Gasteiger partial charge on any atom is 0.243 e. The number of benzene rings is 1. The summed E-state index contributed by atoms with van der Waals surface area (Å²) in [6.45, 7) is 6.11. The van der Waals surface area contributed by atoms with Gasteiger partial charge in [-0.05, 0) is 38.0 Å². The summed E-state index contributed by atoms with van der Waals surface area (Å²) in [5, 5.41) is 5.21. The molecule has 0 saturated carbocycles. The number of hydrogen-bond acceptors (Lipinski definition) is 4. The molecular weight excluding hydrogens is 319 g/mol. The van der Waals surface area contributed by atoms with Crippen molar-refractivity contribution in [2.45, 2.75) is 33.6 Å². The zero-order valence-electron chi connectivity index (χ0n) is 12.8. The molecule has 1 aromatic heterocycles. The highest BCUT2D eigenvalue weighted by Gasteiger charge is 2.07. The van der Waals surface area contributed by atoms with Crippen molar-refractivity contribution in [1.29, 1.82) is 0 Å². The normalized spacial score (nSPS) is 11.1. The lowest BCUT2D eigenvalue weighted by Gasteiger charge is -2.09. The van der Waals surface area contributed by atoms with E-state index in [2.05, 4.69) is 27.4 Å². The van der Waals surface area contributed by atoms with E-state index in [1.54, 1.807) is 24.4 Å². The summed E-state index contributed by atoms with van der Waals surface area (Å²) in [4.78, 5) is 8.85. The van der Waals surface area contributed by atoms with Gasteiger partial charge in [-0.3, -0.25) is 0 Å². The third-order valence-corrected chi connectivity index (χ3v) is 3.94. The average Bonchev–Trinajstić information content (AvgIpc) is 2.46. The molecule has 0 bridgehead atoms. The van der Waals surface area contributed by atoms with Gasteiger partial charge in [0, 0.05) is 17.0 Å². The van der Waals surface area contributed by atoms with Crippen LogP contribution in [0, 0.1) is 13.8 Å². The Morgan fingerprint density at radius 1 is 1.14 bits per heavy atom. The zero-order chi connectivity index (χ0) is 16.1. The van der Waals surface area contributed by atoms with Gasteiger partial charge in [-0.15, -0.1) is 0 Å². The van der Waals surface area contributed by atoms with Gasteiger partial charge in [-0.2, -0.15) is 5.10 Å². The monoisotopic (exact) mass is 336 g/mol. The van der Waals surface area contributed by atoms with Crippen LogP contribution in [-0.4, -0.2) is 16.2 Å². The zero-order valence-corrected chi connectivity index (χ0v) is 14.3. The summed E-state index contributed by atoms with van der Waals surface area (Å²) in [6.07, 6.45) is 3.62. The Bertz CT molecular complexity index is 655. The molecule has 1 N–H and O–H groups in total. The molecule has 6 heteroatoms. The van der Waals surface area contributed by atoms with Crippen LogP contribution in [0.5, 0.6) is 0 Å². The number of aromatic nitrogens is 2. The summed E-state index contributed by atoms with van der Waals surface area (Å²) in [5.41, 5.74) is 6.64. The second-order valence-corrected chi connectivity index (χ2v) is 5.77. The van der Waals surface area contributed by atoms with Gasteiger partial charge in [0.15, 0.2) is 0 Å². The molecule has 1 aromatic carbocycles. The largest absolute Gasteiger partial charge is 0.245 e. The third kappa shape index (κ3) is 3.96. The predicted molar refractivity (Wildman–Crippen MR) is 93.2 cm³/mol. The lowest BCUT2D eigenvalue weighted by atomic mass is 10.1. The molecular formula is C16H18Cl2N4. The summed E-state index contributed by atoms with van der Waals surface area (Å²) in [5.74, 6) is 0.467. The Kier molecular flexibility index (Phi) is 5.75. The van der Waals surface area contributed by atoms with E-state index in [0.717, 1.165) is 24.2 Å². The first-order valence-electron chi connectivity index (χ1n) is 7.10. The lowest BCUT2D eigenvalue weighted by Crippen LogP contribution is -2.05. The fourth-order valence-electron chi connectivity index (χ4n) is 2.19. The van der Waals surface area contributed by atoms with Crippen LogP contribution in [0.1, 0.15) is 35.9 Å². The van der Waals surface area contributed by atoms with E-state index >= 15 is 0 Å². The predicted octanol–water partition coefficient (Wildman–Crippen LogP) is 4.80. The molecule has 2 aromatic rings. The number of hydrogen-bond donors (Lipinski definition) is 1. The van der Waals surface area contributed by atoms with E-state index in [4.69, 9.17) is 23.2 Å². The molecule has 0 radical (unpaired) electrons. The molecule has 0 aliphatic rings. The number of anilines is 1. The Balaban J connectivity index is 2.17. The molecule has 0 fully saturated rings. The molecule has 0 amide bonds. The topological polar surface area (TPSA) is 50.2 Å². The minimum atomic E-state index is 0.467. The lowest BCUT2D eigenvalue weighted by molar-refractivity contribution is 0.864. The van der Waals surface area contributed by atoms with Gasteiger partial charge in [0.05, 0.1) is 16.3 Å². The van der Waals surface area contributed by atoms with Gasteiger partial charge < -0.3 is 0 Å². The maximum atomic E-state index is 6.08. The van der Waals surface area contributed by atoms with E-state index in [1.165, 1.54) is 5.56 Å². The summed E-state index contributed by atoms with van der Waals surface area (Å²) >= 11 is 12.2. The van der Waals surface area contributed by atoms with Crippen LogP contribution >= 0.6 is 23.2 Å². The van der Waals surface area contributed by atoms with Crippen LogP contribution in [0.2, 0.25) is 10.0 Å². The van der Waals surface area contributed by atoms with Crippen molar-refractivity contribution in [2.75, 3.05) is 5.43 Å². The standard InChI is InChI=1S/C16H18Cl2N4/c1-4-6-12-10(2)20-16(21-11(12)3)22-19-9-13-14(17)7-5-8-15(13)18/h5,7-9H,4,6H2,1-3H3,(H,20,21,22). The fourth-order valence-corrected chi connectivity index (χ4v) is 2.68. The Morgan fingerprint density at radius 2 is 1.73 bits per heavy atom. The van der Waals surface area contributed by atoms with E-state index in [0.29, 0.717) is 21.6 Å². The number of nitrogens with one attached hydrogen (secondary N) is 1. The highest BCUT2D eigenvalue weighted by molar-refractivity contribution is 6.38. The molecule has 0 atom stereocenters. The quantitative estimate of drug-likeness (QED) is 0.630. The second kappa shape index (κ2) is 7.56. The number of nitrogens with zero attached hydrogens (tertiary/aromatic N) is 3. The summed E-state index contributed by atoms with van der Waals surface area (Å²) in [6, 6.07) is 5.32. The summed E-state index contributed by atoms with van der Waals surface area (Å²) in [7, 11) is 0. The molecule has 0 unspecified atom stereocenters. The van der Waals surface area contributed by atoms with Gasteiger partial charge in [0.1, 0.15) is 0 Å². The highest BCUT2D eigenvalue weighted by Crippen LogP contribution is 2.22. The Morgan fingerprint density at radius 3 is 2.27 bits per heavy atom. The molecule has 22 heavy (non-hydrogen) atoms. The Hall–Kier alpha value is -1.65. The highest BCUT2D eigenvalue weighted by atomic mass is 35.5. The molecule has 2 rings (SSSR count). The maximum absolute atomic E-state index is 6.08. The third-order valence-electron chi connectivity index (χ3n) is 3.28. The van der Waals surface area contributed by atoms with Crippen LogP contribution in [0.3, 0.4) is 0 Å². The average molecular weight is 337 g/mol. The van der Waals surface area contributed by atoms with Gasteiger partial charge in [-0.25, -0.2) is 15.4 Å². The number of hydrazone groups is 1. The van der Waals surface area contributed by atoms with Crippen molar-refractivity contribution < 1.29 is 0 Å². The van der Waals surface area contributed by atoms with E-state index in [-0.39, 0.29) is 0 Å². The first-order valence-corrected chi connectivity index (χ1v) is 7.85. The van der Waals surface area contributed by atoms with Crippen LogP contribution in [0.25, 0.3) is 0 Å². The molecule has 0 aliphatic heterocycles. The van der Waals surface area contributed by atoms with Gasteiger partial charge in [0.25, 0.3) is 0 Å². The number of halogens is 2. The van der Waals surface area contributed by atoms with Crippen LogP contribution < -0.4 is 5.43 Å². The molecule has 0 spiro atoms. The van der Waals surface area contributed by atoms with Gasteiger partial charge in [-0.1, -0.05) is 42.6 Å². The minimum Gasteiger partial charge on any atom is -0.245 e. The van der Waals surface area contributed by atoms with E-state index in [1.807, 2.05) is 13.8 Å². The summed E-state index contributed by atoms with van der Waals surface area (Å²) < 4.78 is 0. The molecule has 4 nitrogen and oxygen atoms in total. The Labute approximate surface area is 140 Å². The molecule has 116 valence electrons. The van der Waals surface area contributed by atoms with Crippen molar-refractivity contribution in [1.82, 2.24) is 9.97 Å². The molecule has 0 saturated heterocycles. The SMILES string of the molecule is CCCc1c(C)nc(NN=Cc2c(Cl)cccc2Cl)nc1C. The van der Waals surface area contributed by atoms with E-state index in [9.17, 15) is 0 Å². The van der Waals surface area contributed by atoms with Gasteiger partial charge >= 0.3 is 0 Å². The van der Waals surface area contributed by atoms with Crippen LogP contribution in [0.15, 0.2) is 23.3 Å². The van der Waals surface area contributed by atoms with Crippen molar-refractivity contribution in [3.8, 4) is 0 Å². The smallest absolute Gasteiger partial charge is 0.243 e. The first-order chi connectivity index (χ1) is 10.5. The van der Waals surface area contributed by atoms with Crippen molar-refractivity contribution in [2.24, 2.45) is 5.10 Å². The number of rotatable bonds is 5. The van der Waals surface area contributed by atoms with Gasteiger partial charge in [0.2, 0.25) is 5.95 Å². The fraction of sp³-hybridized carbons (Fsp3) is 0.312. The van der Waals surface area contributed by atoms with Crippen molar-refractivity contribution in [3.63, 3.8) is 0 Å². The van der Waals surface area contributed by atoms with Crippen LogP contribution in [0.4, 0.5) is 5.95 Å². The first kappa shape index (κ1) is 16.7. The molecule has 0 aliphatic carbocycles. The number of aryl methyl sites for hydroxylation is 2. The molecule has 1 heterocycles. The van der Waals surface area contributed by atoms with Crippen LogP contribution in [-0.2, 0) is 6.42 Å². The van der Waals surface area contributed by atoms with Crippen molar-refractivity contribution >= 4 is 35.4 Å². The minimum absolute atomic E-state index is 0.467. The van der Waals surface area contributed by atoms with Crippen molar-refractivity contribution in [3.05, 3.63) is 50.8 Å². The van der Waals surface area contributed by atoms with E-state index < -0.39 is 0 Å².